The summed E-state index contributed by atoms with van der Waals surface area (Å²) in [6, 6.07) is 4.51. The van der Waals surface area contributed by atoms with Gasteiger partial charge < -0.3 is 14.6 Å². The van der Waals surface area contributed by atoms with E-state index in [9.17, 15) is 26.7 Å². The predicted octanol–water partition coefficient (Wildman–Crippen LogP) is 4.96. The molecule has 0 aliphatic carbocycles. The lowest BCUT2D eigenvalue weighted by Gasteiger charge is -2.12. The first kappa shape index (κ1) is 18.2. The number of carboxylic acids is 1. The summed E-state index contributed by atoms with van der Waals surface area (Å²) < 4.78 is 72.2. The highest BCUT2D eigenvalue weighted by atomic mass is 127. The van der Waals surface area contributed by atoms with Crippen molar-refractivity contribution in [3.8, 4) is 17.2 Å². The number of alkyl halides is 3. The van der Waals surface area contributed by atoms with E-state index in [1.54, 1.807) is 22.6 Å². The maximum Gasteiger partial charge on any atom is 0.573 e. The summed E-state index contributed by atoms with van der Waals surface area (Å²) in [5.41, 5.74) is -0.780. The Morgan fingerprint density at radius 1 is 1.08 bits per heavy atom. The van der Waals surface area contributed by atoms with Crippen molar-refractivity contribution in [2.75, 3.05) is 0 Å². The van der Waals surface area contributed by atoms with E-state index in [1.807, 2.05) is 0 Å². The fraction of sp³-hybridized carbons (Fsp3) is 0.0714. The van der Waals surface area contributed by atoms with Crippen LogP contribution >= 0.6 is 22.6 Å². The molecule has 128 valence electrons. The molecule has 0 spiro atoms. The van der Waals surface area contributed by atoms with Gasteiger partial charge >= 0.3 is 12.3 Å². The molecule has 1 N–H and O–H groups in total. The van der Waals surface area contributed by atoms with Gasteiger partial charge in [-0.15, -0.1) is 13.2 Å². The minimum atomic E-state index is -5.07. The Hall–Kier alpha value is -2.11. The summed E-state index contributed by atoms with van der Waals surface area (Å²) in [7, 11) is 0. The van der Waals surface area contributed by atoms with Gasteiger partial charge in [-0.05, 0) is 46.9 Å². The number of halogens is 6. The Balaban J connectivity index is 2.34. The SMILES string of the molecule is O=C(O)c1c(Oc2ccc(OC(F)(F)F)c(F)c2)ccc(I)c1F. The fourth-order valence-electron chi connectivity index (χ4n) is 1.70. The molecule has 0 atom stereocenters. The monoisotopic (exact) mass is 460 g/mol. The number of hydrogen-bond donors (Lipinski definition) is 1. The van der Waals surface area contributed by atoms with E-state index in [-0.39, 0.29) is 9.32 Å². The Labute approximate surface area is 144 Å². The molecule has 0 aliphatic rings. The van der Waals surface area contributed by atoms with Crippen molar-refractivity contribution in [1.82, 2.24) is 0 Å². The summed E-state index contributed by atoms with van der Waals surface area (Å²) in [5, 5.41) is 9.03. The first-order valence-electron chi connectivity index (χ1n) is 6.03. The van der Waals surface area contributed by atoms with E-state index >= 15 is 0 Å². The normalized spacial score (nSPS) is 11.2. The molecule has 0 fully saturated rings. The number of hydrogen-bond acceptors (Lipinski definition) is 3. The third kappa shape index (κ3) is 4.24. The molecule has 0 radical (unpaired) electrons. The second kappa shape index (κ2) is 6.79. The molecule has 2 aromatic rings. The number of aromatic carboxylic acids is 1. The lowest BCUT2D eigenvalue weighted by Crippen LogP contribution is -2.17. The average molecular weight is 460 g/mol. The highest BCUT2D eigenvalue weighted by Gasteiger charge is 2.32. The van der Waals surface area contributed by atoms with Crippen LogP contribution in [0.15, 0.2) is 30.3 Å². The van der Waals surface area contributed by atoms with Crippen molar-refractivity contribution >= 4 is 28.6 Å². The van der Waals surface area contributed by atoms with Gasteiger partial charge in [0.2, 0.25) is 0 Å². The van der Waals surface area contributed by atoms with E-state index in [2.05, 4.69) is 4.74 Å². The van der Waals surface area contributed by atoms with E-state index < -0.39 is 41.0 Å². The minimum absolute atomic E-state index is 0.0254. The third-order valence-corrected chi connectivity index (χ3v) is 3.46. The van der Waals surface area contributed by atoms with E-state index in [0.29, 0.717) is 12.1 Å². The van der Waals surface area contributed by atoms with Crippen molar-refractivity contribution in [3.63, 3.8) is 0 Å². The number of carboxylic acid groups (broad SMARTS) is 1. The molecule has 0 unspecified atom stereocenters. The second-order valence-corrected chi connectivity index (χ2v) is 5.44. The van der Waals surface area contributed by atoms with Crippen LogP contribution in [0.3, 0.4) is 0 Å². The van der Waals surface area contributed by atoms with Gasteiger partial charge in [-0.1, -0.05) is 0 Å². The first-order chi connectivity index (χ1) is 11.1. The van der Waals surface area contributed by atoms with Gasteiger partial charge in [0.05, 0.1) is 0 Å². The molecule has 0 aromatic heterocycles. The largest absolute Gasteiger partial charge is 0.573 e. The van der Waals surface area contributed by atoms with Gasteiger partial charge in [0.25, 0.3) is 0 Å². The van der Waals surface area contributed by atoms with Gasteiger partial charge in [0.15, 0.2) is 17.4 Å². The van der Waals surface area contributed by atoms with Crippen LogP contribution in [0.2, 0.25) is 0 Å². The quantitative estimate of drug-likeness (QED) is 0.518. The summed E-state index contributed by atoms with van der Waals surface area (Å²) in [5.74, 6) is -5.87. The summed E-state index contributed by atoms with van der Waals surface area (Å²) in [4.78, 5) is 11.1. The van der Waals surface area contributed by atoms with Gasteiger partial charge in [0.1, 0.15) is 17.1 Å². The molecule has 10 heteroatoms. The van der Waals surface area contributed by atoms with Crippen LogP contribution in [0.1, 0.15) is 10.4 Å². The molecule has 0 heterocycles. The Morgan fingerprint density at radius 3 is 2.25 bits per heavy atom. The van der Waals surface area contributed by atoms with Crippen LogP contribution in [-0.4, -0.2) is 17.4 Å². The highest BCUT2D eigenvalue weighted by molar-refractivity contribution is 14.1. The van der Waals surface area contributed by atoms with E-state index in [1.165, 1.54) is 6.07 Å². The molecule has 0 amide bonds. The van der Waals surface area contributed by atoms with Crippen molar-refractivity contribution in [3.05, 3.63) is 51.1 Å². The zero-order chi connectivity index (χ0) is 18.1. The highest BCUT2D eigenvalue weighted by Crippen LogP contribution is 2.33. The molecule has 0 aliphatic heterocycles. The van der Waals surface area contributed by atoms with Crippen molar-refractivity contribution in [1.29, 1.82) is 0 Å². The van der Waals surface area contributed by atoms with Gasteiger partial charge in [-0.25, -0.2) is 13.6 Å². The molecule has 2 rings (SSSR count). The maximum absolute atomic E-state index is 13.9. The predicted molar refractivity (Wildman–Crippen MR) is 79.2 cm³/mol. The molecule has 2 aromatic carbocycles. The smallest absolute Gasteiger partial charge is 0.477 e. The van der Waals surface area contributed by atoms with Crippen molar-refractivity contribution < 1.29 is 41.3 Å². The summed E-state index contributed by atoms with van der Waals surface area (Å²) in [6.07, 6.45) is -5.07. The Morgan fingerprint density at radius 2 is 1.71 bits per heavy atom. The Bertz CT molecular complexity index is 791. The van der Waals surface area contributed by atoms with Crippen molar-refractivity contribution in [2.24, 2.45) is 0 Å². The summed E-state index contributed by atoms with van der Waals surface area (Å²) >= 11 is 1.58. The molecule has 0 saturated carbocycles. The second-order valence-electron chi connectivity index (χ2n) is 4.28. The standard InChI is InChI=1S/C14H6F5IO4/c15-7-5-6(1-3-9(7)24-14(17,18)19)23-10-4-2-8(20)12(16)11(10)13(21)22/h1-5H,(H,21,22). The molecule has 4 nitrogen and oxygen atoms in total. The van der Waals surface area contributed by atoms with Gasteiger partial charge in [-0.2, -0.15) is 0 Å². The van der Waals surface area contributed by atoms with Crippen LogP contribution in [-0.2, 0) is 0 Å². The number of ether oxygens (including phenoxy) is 2. The van der Waals surface area contributed by atoms with Crippen LogP contribution in [0, 0.1) is 15.2 Å². The number of rotatable bonds is 4. The van der Waals surface area contributed by atoms with Crippen LogP contribution in [0.4, 0.5) is 22.0 Å². The molecular formula is C14H6F5IO4. The Kier molecular flexibility index (Phi) is 5.16. The van der Waals surface area contributed by atoms with Crippen LogP contribution in [0.5, 0.6) is 17.2 Å². The van der Waals surface area contributed by atoms with Gasteiger partial charge in [-0.3, -0.25) is 0 Å². The maximum atomic E-state index is 13.9. The van der Waals surface area contributed by atoms with Gasteiger partial charge in [0, 0.05) is 9.64 Å². The number of carbonyl (C=O) groups is 1. The lowest BCUT2D eigenvalue weighted by molar-refractivity contribution is -0.275. The number of benzene rings is 2. The van der Waals surface area contributed by atoms with Crippen LogP contribution in [0.25, 0.3) is 0 Å². The van der Waals surface area contributed by atoms with E-state index in [4.69, 9.17) is 9.84 Å². The average Bonchev–Trinajstić information content (AvgIpc) is 2.44. The zero-order valence-electron chi connectivity index (χ0n) is 11.3. The topological polar surface area (TPSA) is 55.8 Å². The first-order valence-corrected chi connectivity index (χ1v) is 7.11. The molecule has 0 bridgehead atoms. The lowest BCUT2D eigenvalue weighted by atomic mass is 10.2. The van der Waals surface area contributed by atoms with Crippen molar-refractivity contribution in [2.45, 2.75) is 6.36 Å². The third-order valence-electron chi connectivity index (χ3n) is 2.63. The fourth-order valence-corrected chi connectivity index (χ4v) is 2.15. The molecule has 0 saturated heterocycles. The minimum Gasteiger partial charge on any atom is -0.477 e. The van der Waals surface area contributed by atoms with E-state index in [0.717, 1.165) is 12.1 Å². The summed E-state index contributed by atoms with van der Waals surface area (Å²) in [6.45, 7) is 0. The zero-order valence-corrected chi connectivity index (χ0v) is 13.5. The molecular weight excluding hydrogens is 454 g/mol. The molecule has 24 heavy (non-hydrogen) atoms. The van der Waals surface area contributed by atoms with Crippen LogP contribution < -0.4 is 9.47 Å².